The lowest BCUT2D eigenvalue weighted by Crippen LogP contribution is -2.38. The molecule has 0 bridgehead atoms. The summed E-state index contributed by atoms with van der Waals surface area (Å²) in [6.07, 6.45) is 10.8. The van der Waals surface area contributed by atoms with E-state index in [2.05, 4.69) is 19.2 Å². The summed E-state index contributed by atoms with van der Waals surface area (Å²) in [6, 6.07) is -0.106. The van der Waals surface area contributed by atoms with Gasteiger partial charge in [0.15, 0.2) is 0 Å². The lowest BCUT2D eigenvalue weighted by molar-refractivity contribution is -0.143. The van der Waals surface area contributed by atoms with Crippen molar-refractivity contribution < 1.29 is 9.53 Å². The monoisotopic (exact) mass is 257 g/mol. The third-order valence-electron chi connectivity index (χ3n) is 3.25. The summed E-state index contributed by atoms with van der Waals surface area (Å²) in [5, 5.41) is 3.32. The molecule has 3 nitrogen and oxygen atoms in total. The van der Waals surface area contributed by atoms with Crippen LogP contribution in [0.2, 0.25) is 0 Å². The molecule has 1 unspecified atom stereocenters. The fourth-order valence-electron chi connectivity index (χ4n) is 2.04. The van der Waals surface area contributed by atoms with Gasteiger partial charge < -0.3 is 10.1 Å². The lowest BCUT2D eigenvalue weighted by Gasteiger charge is -2.15. The first-order chi connectivity index (χ1) is 8.76. The number of methoxy groups -OCH3 is 1. The number of carbonyl (C=O) groups excluding carboxylic acids is 1. The fourth-order valence-corrected chi connectivity index (χ4v) is 2.04. The van der Waals surface area contributed by atoms with E-state index in [1.807, 2.05) is 0 Å². The number of rotatable bonds is 12. The van der Waals surface area contributed by atoms with Gasteiger partial charge in [-0.05, 0) is 19.4 Å². The van der Waals surface area contributed by atoms with Gasteiger partial charge in [-0.3, -0.25) is 4.79 Å². The Morgan fingerprint density at radius 2 is 1.61 bits per heavy atom. The maximum Gasteiger partial charge on any atom is 0.322 e. The molecule has 0 aromatic rings. The van der Waals surface area contributed by atoms with Gasteiger partial charge in [-0.25, -0.2) is 0 Å². The van der Waals surface area contributed by atoms with Crippen LogP contribution in [0.1, 0.15) is 71.6 Å². The van der Waals surface area contributed by atoms with Crippen LogP contribution in [0.5, 0.6) is 0 Å². The SMILES string of the molecule is CCCCCCCCNC(CCCC)C(=O)OC. The summed E-state index contributed by atoms with van der Waals surface area (Å²) in [6.45, 7) is 5.30. The maximum absolute atomic E-state index is 11.5. The molecule has 0 aromatic carbocycles. The zero-order valence-electron chi connectivity index (χ0n) is 12.5. The van der Waals surface area contributed by atoms with E-state index >= 15 is 0 Å². The van der Waals surface area contributed by atoms with Gasteiger partial charge in [0.1, 0.15) is 6.04 Å². The van der Waals surface area contributed by atoms with Crippen LogP contribution in [0.25, 0.3) is 0 Å². The Balaban J connectivity index is 3.59. The average Bonchev–Trinajstić information content (AvgIpc) is 2.40. The van der Waals surface area contributed by atoms with Crippen LogP contribution in [-0.2, 0) is 9.53 Å². The van der Waals surface area contributed by atoms with Gasteiger partial charge in [-0.1, -0.05) is 58.8 Å². The topological polar surface area (TPSA) is 38.3 Å². The predicted octanol–water partition coefficient (Wildman–Crippen LogP) is 3.67. The Kier molecular flexibility index (Phi) is 12.5. The number of hydrogen-bond acceptors (Lipinski definition) is 3. The fraction of sp³-hybridized carbons (Fsp3) is 0.933. The molecule has 18 heavy (non-hydrogen) atoms. The molecule has 1 N–H and O–H groups in total. The second-order valence-electron chi connectivity index (χ2n) is 4.94. The van der Waals surface area contributed by atoms with Crippen molar-refractivity contribution in [3.05, 3.63) is 0 Å². The molecule has 0 heterocycles. The van der Waals surface area contributed by atoms with Gasteiger partial charge in [-0.2, -0.15) is 0 Å². The molecule has 3 heteroatoms. The molecule has 1 atom stereocenters. The highest BCUT2D eigenvalue weighted by atomic mass is 16.5. The molecule has 0 fully saturated rings. The van der Waals surface area contributed by atoms with E-state index in [0.717, 1.165) is 32.2 Å². The standard InChI is InChI=1S/C15H31NO2/c1-4-6-8-9-10-11-13-16-14(12-7-5-2)15(17)18-3/h14,16H,4-13H2,1-3H3. The quantitative estimate of drug-likeness (QED) is 0.428. The molecule has 0 spiro atoms. The molecule has 0 aliphatic heterocycles. The number of ether oxygens (including phenoxy) is 1. The highest BCUT2D eigenvalue weighted by Gasteiger charge is 2.16. The van der Waals surface area contributed by atoms with Crippen molar-refractivity contribution in [2.24, 2.45) is 0 Å². The third kappa shape index (κ3) is 9.46. The van der Waals surface area contributed by atoms with Crippen molar-refractivity contribution in [1.29, 1.82) is 0 Å². The summed E-state index contributed by atoms with van der Waals surface area (Å²) in [7, 11) is 1.47. The highest BCUT2D eigenvalue weighted by Crippen LogP contribution is 2.06. The van der Waals surface area contributed by atoms with Gasteiger partial charge in [0.05, 0.1) is 7.11 Å². The average molecular weight is 257 g/mol. The predicted molar refractivity (Wildman–Crippen MR) is 76.7 cm³/mol. The summed E-state index contributed by atoms with van der Waals surface area (Å²) in [5.74, 6) is -0.116. The van der Waals surface area contributed by atoms with E-state index < -0.39 is 0 Å². The second-order valence-corrected chi connectivity index (χ2v) is 4.94. The molecule has 0 saturated carbocycles. The van der Waals surface area contributed by atoms with Gasteiger partial charge in [0.25, 0.3) is 0 Å². The Labute approximate surface area is 113 Å². The second kappa shape index (κ2) is 12.9. The first-order valence-electron chi connectivity index (χ1n) is 7.57. The summed E-state index contributed by atoms with van der Waals surface area (Å²) < 4.78 is 4.82. The highest BCUT2D eigenvalue weighted by molar-refractivity contribution is 5.75. The molecule has 0 aliphatic rings. The van der Waals surface area contributed by atoms with Crippen LogP contribution in [0, 0.1) is 0 Å². The van der Waals surface area contributed by atoms with Gasteiger partial charge in [0.2, 0.25) is 0 Å². The summed E-state index contributed by atoms with van der Waals surface area (Å²) >= 11 is 0. The van der Waals surface area contributed by atoms with E-state index in [1.165, 1.54) is 39.2 Å². The Bertz CT molecular complexity index is 195. The number of unbranched alkanes of at least 4 members (excludes halogenated alkanes) is 6. The number of nitrogens with one attached hydrogen (secondary N) is 1. The molecule has 108 valence electrons. The first kappa shape index (κ1) is 17.4. The van der Waals surface area contributed by atoms with Crippen LogP contribution in [0.3, 0.4) is 0 Å². The van der Waals surface area contributed by atoms with E-state index in [-0.39, 0.29) is 12.0 Å². The normalized spacial score (nSPS) is 12.4. The van der Waals surface area contributed by atoms with Crippen molar-refractivity contribution in [3.63, 3.8) is 0 Å². The number of esters is 1. The van der Waals surface area contributed by atoms with Crippen LogP contribution in [0.4, 0.5) is 0 Å². The van der Waals surface area contributed by atoms with Crippen molar-refractivity contribution in [2.45, 2.75) is 77.7 Å². The van der Waals surface area contributed by atoms with E-state index in [4.69, 9.17) is 4.74 Å². The van der Waals surface area contributed by atoms with Crippen molar-refractivity contribution in [2.75, 3.05) is 13.7 Å². The van der Waals surface area contributed by atoms with Crippen LogP contribution in [-0.4, -0.2) is 25.7 Å². The van der Waals surface area contributed by atoms with E-state index in [0.29, 0.717) is 0 Å². The minimum absolute atomic E-state index is 0.106. The van der Waals surface area contributed by atoms with Crippen LogP contribution < -0.4 is 5.32 Å². The van der Waals surface area contributed by atoms with E-state index in [1.54, 1.807) is 0 Å². The van der Waals surface area contributed by atoms with Crippen LogP contribution >= 0.6 is 0 Å². The molecule has 0 radical (unpaired) electrons. The molecule has 0 saturated heterocycles. The molecule has 0 amide bonds. The number of carbonyl (C=O) groups is 1. The van der Waals surface area contributed by atoms with Crippen molar-refractivity contribution in [3.8, 4) is 0 Å². The lowest BCUT2D eigenvalue weighted by atomic mass is 10.1. The molecular weight excluding hydrogens is 226 g/mol. The minimum Gasteiger partial charge on any atom is -0.468 e. The number of hydrogen-bond donors (Lipinski definition) is 1. The molecule has 0 aliphatic carbocycles. The first-order valence-corrected chi connectivity index (χ1v) is 7.57. The van der Waals surface area contributed by atoms with Gasteiger partial charge in [0, 0.05) is 0 Å². The zero-order chi connectivity index (χ0) is 13.6. The molecule has 0 aromatic heterocycles. The zero-order valence-corrected chi connectivity index (χ0v) is 12.5. The molecular formula is C15H31NO2. The largest absolute Gasteiger partial charge is 0.468 e. The van der Waals surface area contributed by atoms with Crippen molar-refractivity contribution >= 4 is 5.97 Å². The van der Waals surface area contributed by atoms with Crippen molar-refractivity contribution in [1.82, 2.24) is 5.32 Å². The molecule has 0 rings (SSSR count). The summed E-state index contributed by atoms with van der Waals surface area (Å²) in [4.78, 5) is 11.5. The van der Waals surface area contributed by atoms with Crippen LogP contribution in [0.15, 0.2) is 0 Å². The van der Waals surface area contributed by atoms with Gasteiger partial charge >= 0.3 is 5.97 Å². The van der Waals surface area contributed by atoms with E-state index in [9.17, 15) is 4.79 Å². The maximum atomic E-state index is 11.5. The third-order valence-corrected chi connectivity index (χ3v) is 3.25. The van der Waals surface area contributed by atoms with Gasteiger partial charge in [-0.15, -0.1) is 0 Å². The smallest absolute Gasteiger partial charge is 0.322 e. The Morgan fingerprint density at radius 1 is 1.00 bits per heavy atom. The Morgan fingerprint density at radius 3 is 2.22 bits per heavy atom. The Hall–Kier alpha value is -0.570. The minimum atomic E-state index is -0.116. The summed E-state index contributed by atoms with van der Waals surface area (Å²) in [5.41, 5.74) is 0.